The molecule has 0 aliphatic heterocycles. The lowest BCUT2D eigenvalue weighted by Gasteiger charge is -2.03. The highest BCUT2D eigenvalue weighted by Crippen LogP contribution is 2.27. The van der Waals surface area contributed by atoms with Crippen molar-refractivity contribution in [3.63, 3.8) is 0 Å². The highest BCUT2D eigenvalue weighted by molar-refractivity contribution is 6.08. The Balaban J connectivity index is 2.14. The van der Waals surface area contributed by atoms with Crippen molar-refractivity contribution in [2.24, 2.45) is 0 Å². The molecule has 3 rings (SSSR count). The second-order valence-electron chi connectivity index (χ2n) is 4.68. The average Bonchev–Trinajstić information content (AvgIpc) is 3.01. The van der Waals surface area contributed by atoms with Gasteiger partial charge < -0.3 is 10.3 Å². The molecule has 0 radical (unpaired) electrons. The SMILES string of the molecule is Cc1[nH]c2c(F)cc(F)cc2c1C(=O)NC1CC1. The lowest BCUT2D eigenvalue weighted by atomic mass is 10.1. The van der Waals surface area contributed by atoms with E-state index in [1.165, 1.54) is 6.07 Å². The fourth-order valence-corrected chi connectivity index (χ4v) is 2.13. The maximum Gasteiger partial charge on any atom is 0.253 e. The monoisotopic (exact) mass is 250 g/mol. The number of amides is 1. The van der Waals surface area contributed by atoms with Crippen molar-refractivity contribution in [2.45, 2.75) is 25.8 Å². The minimum absolute atomic E-state index is 0.176. The Labute approximate surface area is 102 Å². The summed E-state index contributed by atoms with van der Waals surface area (Å²) < 4.78 is 26.8. The molecule has 1 heterocycles. The van der Waals surface area contributed by atoms with Crippen LogP contribution >= 0.6 is 0 Å². The van der Waals surface area contributed by atoms with Gasteiger partial charge in [-0.25, -0.2) is 8.78 Å². The van der Waals surface area contributed by atoms with E-state index < -0.39 is 11.6 Å². The van der Waals surface area contributed by atoms with Gasteiger partial charge in [0.1, 0.15) is 11.6 Å². The zero-order valence-electron chi connectivity index (χ0n) is 9.81. The van der Waals surface area contributed by atoms with Crippen LogP contribution in [-0.2, 0) is 0 Å². The molecule has 0 atom stereocenters. The molecule has 2 aromatic rings. The molecule has 1 amide bonds. The van der Waals surface area contributed by atoms with Gasteiger partial charge in [-0.05, 0) is 25.8 Å². The third-order valence-electron chi connectivity index (χ3n) is 3.15. The van der Waals surface area contributed by atoms with E-state index in [0.717, 1.165) is 18.9 Å². The van der Waals surface area contributed by atoms with Crippen molar-refractivity contribution in [3.8, 4) is 0 Å². The Kier molecular flexibility index (Phi) is 2.36. The van der Waals surface area contributed by atoms with Crippen molar-refractivity contribution in [2.75, 3.05) is 0 Å². The first kappa shape index (κ1) is 11.2. The first-order valence-corrected chi connectivity index (χ1v) is 5.84. The minimum Gasteiger partial charge on any atom is -0.356 e. The van der Waals surface area contributed by atoms with Crippen LogP contribution in [0.1, 0.15) is 28.9 Å². The predicted molar refractivity (Wildman–Crippen MR) is 63.4 cm³/mol. The first-order valence-electron chi connectivity index (χ1n) is 5.84. The largest absolute Gasteiger partial charge is 0.356 e. The van der Waals surface area contributed by atoms with Crippen LogP contribution in [0.4, 0.5) is 8.78 Å². The summed E-state index contributed by atoms with van der Waals surface area (Å²) in [6.07, 6.45) is 1.94. The quantitative estimate of drug-likeness (QED) is 0.845. The van der Waals surface area contributed by atoms with Gasteiger partial charge >= 0.3 is 0 Å². The van der Waals surface area contributed by atoms with E-state index in [1.54, 1.807) is 6.92 Å². The highest BCUT2D eigenvalue weighted by atomic mass is 19.1. The van der Waals surface area contributed by atoms with E-state index in [4.69, 9.17) is 0 Å². The molecule has 0 saturated heterocycles. The number of aromatic nitrogens is 1. The molecule has 18 heavy (non-hydrogen) atoms. The summed E-state index contributed by atoms with van der Waals surface area (Å²) in [6.45, 7) is 1.68. The molecular formula is C13H12F2N2O. The third kappa shape index (κ3) is 1.75. The zero-order chi connectivity index (χ0) is 12.9. The molecule has 94 valence electrons. The van der Waals surface area contributed by atoms with Crippen LogP contribution in [0.5, 0.6) is 0 Å². The van der Waals surface area contributed by atoms with Crippen LogP contribution < -0.4 is 5.32 Å². The molecule has 3 nitrogen and oxygen atoms in total. The smallest absolute Gasteiger partial charge is 0.253 e. The lowest BCUT2D eigenvalue weighted by Crippen LogP contribution is -2.25. The molecular weight excluding hydrogens is 238 g/mol. The maximum atomic E-state index is 13.6. The van der Waals surface area contributed by atoms with Gasteiger partial charge in [-0.3, -0.25) is 4.79 Å². The number of benzene rings is 1. The predicted octanol–water partition coefficient (Wildman–Crippen LogP) is 2.65. The molecule has 1 saturated carbocycles. The number of aromatic amines is 1. The van der Waals surface area contributed by atoms with Crippen LogP contribution in [0, 0.1) is 18.6 Å². The molecule has 2 N–H and O–H groups in total. The summed E-state index contributed by atoms with van der Waals surface area (Å²) in [6, 6.07) is 2.20. The fourth-order valence-electron chi connectivity index (χ4n) is 2.13. The Morgan fingerprint density at radius 1 is 1.39 bits per heavy atom. The summed E-state index contributed by atoms with van der Waals surface area (Å²) in [5.41, 5.74) is 1.05. The second kappa shape index (κ2) is 3.80. The van der Waals surface area contributed by atoms with E-state index in [2.05, 4.69) is 10.3 Å². The molecule has 0 spiro atoms. The van der Waals surface area contributed by atoms with Crippen LogP contribution in [0.2, 0.25) is 0 Å². The minimum atomic E-state index is -0.682. The summed E-state index contributed by atoms with van der Waals surface area (Å²) in [4.78, 5) is 14.8. The molecule has 1 aliphatic rings. The number of fused-ring (bicyclic) bond motifs is 1. The second-order valence-corrected chi connectivity index (χ2v) is 4.68. The van der Waals surface area contributed by atoms with Crippen molar-refractivity contribution in [1.82, 2.24) is 10.3 Å². The molecule has 0 bridgehead atoms. The van der Waals surface area contributed by atoms with Gasteiger partial charge in [-0.1, -0.05) is 0 Å². The number of hydrogen-bond acceptors (Lipinski definition) is 1. The normalized spacial score (nSPS) is 15.1. The van der Waals surface area contributed by atoms with E-state index in [0.29, 0.717) is 16.6 Å². The van der Waals surface area contributed by atoms with Gasteiger partial charge in [-0.15, -0.1) is 0 Å². The van der Waals surface area contributed by atoms with Crippen LogP contribution in [0.15, 0.2) is 12.1 Å². The van der Waals surface area contributed by atoms with Gasteiger partial charge in [0, 0.05) is 23.2 Å². The number of carbonyl (C=O) groups is 1. The summed E-state index contributed by atoms with van der Waals surface area (Å²) >= 11 is 0. The van der Waals surface area contributed by atoms with E-state index in [1.807, 2.05) is 0 Å². The number of halogens is 2. The molecule has 5 heteroatoms. The number of aryl methyl sites for hydroxylation is 1. The Bertz CT molecular complexity index is 644. The van der Waals surface area contributed by atoms with Crippen LogP contribution in [0.25, 0.3) is 10.9 Å². The molecule has 0 unspecified atom stereocenters. The summed E-state index contributed by atoms with van der Waals surface area (Å²) in [5, 5.41) is 3.12. The average molecular weight is 250 g/mol. The maximum absolute atomic E-state index is 13.6. The molecule has 1 fully saturated rings. The number of hydrogen-bond donors (Lipinski definition) is 2. The van der Waals surface area contributed by atoms with Crippen LogP contribution in [-0.4, -0.2) is 16.9 Å². The standard InChI is InChI=1S/C13H12F2N2O/c1-6-11(13(18)17-8-2-3-8)9-4-7(14)5-10(15)12(9)16-6/h4-5,8,16H,2-3H2,1H3,(H,17,18). The first-order chi connectivity index (χ1) is 8.56. The van der Waals surface area contributed by atoms with E-state index in [-0.39, 0.29) is 17.5 Å². The highest BCUT2D eigenvalue weighted by Gasteiger charge is 2.26. The zero-order valence-corrected chi connectivity index (χ0v) is 9.81. The van der Waals surface area contributed by atoms with Gasteiger partial charge in [0.15, 0.2) is 0 Å². The number of H-pyrrole nitrogens is 1. The van der Waals surface area contributed by atoms with Gasteiger partial charge in [0.25, 0.3) is 5.91 Å². The third-order valence-corrected chi connectivity index (χ3v) is 3.15. The lowest BCUT2D eigenvalue weighted by molar-refractivity contribution is 0.0952. The van der Waals surface area contributed by atoms with Gasteiger partial charge in [-0.2, -0.15) is 0 Å². The molecule has 1 aliphatic carbocycles. The van der Waals surface area contributed by atoms with Crippen molar-refractivity contribution < 1.29 is 13.6 Å². The Morgan fingerprint density at radius 2 is 2.11 bits per heavy atom. The molecule has 1 aromatic heterocycles. The Morgan fingerprint density at radius 3 is 2.78 bits per heavy atom. The molecule has 1 aromatic carbocycles. The van der Waals surface area contributed by atoms with Crippen molar-refractivity contribution in [1.29, 1.82) is 0 Å². The van der Waals surface area contributed by atoms with Crippen LogP contribution in [0.3, 0.4) is 0 Å². The van der Waals surface area contributed by atoms with Crippen molar-refractivity contribution in [3.05, 3.63) is 35.0 Å². The van der Waals surface area contributed by atoms with E-state index in [9.17, 15) is 13.6 Å². The number of nitrogens with one attached hydrogen (secondary N) is 2. The number of rotatable bonds is 2. The van der Waals surface area contributed by atoms with Crippen molar-refractivity contribution >= 4 is 16.8 Å². The fraction of sp³-hybridized carbons (Fsp3) is 0.308. The Hall–Kier alpha value is -1.91. The summed E-state index contributed by atoms with van der Waals surface area (Å²) in [5.74, 6) is -1.63. The van der Waals surface area contributed by atoms with Gasteiger partial charge in [0.05, 0.1) is 11.1 Å². The topological polar surface area (TPSA) is 44.9 Å². The van der Waals surface area contributed by atoms with E-state index >= 15 is 0 Å². The van der Waals surface area contributed by atoms with Gasteiger partial charge in [0.2, 0.25) is 0 Å². The number of carbonyl (C=O) groups excluding carboxylic acids is 1. The summed E-state index contributed by atoms with van der Waals surface area (Å²) in [7, 11) is 0.